The fourth-order valence-corrected chi connectivity index (χ4v) is 2.17. The van der Waals surface area contributed by atoms with Crippen molar-refractivity contribution in [2.75, 3.05) is 19.6 Å². The van der Waals surface area contributed by atoms with Crippen molar-refractivity contribution in [3.05, 3.63) is 30.1 Å². The summed E-state index contributed by atoms with van der Waals surface area (Å²) in [5.74, 6) is 0.240. The van der Waals surface area contributed by atoms with E-state index in [9.17, 15) is 9.59 Å². The van der Waals surface area contributed by atoms with Crippen LogP contribution in [-0.2, 0) is 0 Å². The molecule has 1 aromatic heterocycles. The Bertz CT molecular complexity index is 442. The molecule has 19 heavy (non-hydrogen) atoms. The number of carbonyl (C=O) groups excluding carboxylic acids is 1. The molecule has 0 radical (unpaired) electrons. The van der Waals surface area contributed by atoms with Crippen molar-refractivity contribution < 1.29 is 14.7 Å². The number of rotatable bonds is 3. The first-order valence-corrected chi connectivity index (χ1v) is 6.33. The number of nitrogens with zero attached hydrogens (tertiary/aromatic N) is 2. The molecule has 2 amide bonds. The molecule has 2 N–H and O–H groups in total. The van der Waals surface area contributed by atoms with Gasteiger partial charge in [0.2, 0.25) is 0 Å². The molecule has 1 aliphatic rings. The molecule has 0 aromatic carbocycles. The molecule has 0 bridgehead atoms. The summed E-state index contributed by atoms with van der Waals surface area (Å²) in [6, 6.07) is 3.34. The normalized spacial score (nSPS) is 16.1. The van der Waals surface area contributed by atoms with E-state index in [4.69, 9.17) is 5.11 Å². The van der Waals surface area contributed by atoms with Crippen LogP contribution in [0.25, 0.3) is 0 Å². The first-order chi connectivity index (χ1) is 9.16. The molecule has 0 atom stereocenters. The second kappa shape index (κ2) is 6.17. The summed E-state index contributed by atoms with van der Waals surface area (Å²) in [6.45, 7) is 1.69. The summed E-state index contributed by atoms with van der Waals surface area (Å²) in [6.07, 6.45) is 3.89. The van der Waals surface area contributed by atoms with E-state index in [0.29, 0.717) is 31.1 Å². The molecule has 2 rings (SSSR count). The van der Waals surface area contributed by atoms with Crippen LogP contribution in [-0.4, -0.2) is 46.6 Å². The molecular formula is C13H17N3O3. The van der Waals surface area contributed by atoms with Crippen LogP contribution in [0.1, 0.15) is 23.2 Å². The number of hydrogen-bond acceptors (Lipinski definition) is 3. The van der Waals surface area contributed by atoms with Crippen LogP contribution in [0.5, 0.6) is 0 Å². The number of carboxylic acid groups (broad SMARTS) is 1. The summed E-state index contributed by atoms with van der Waals surface area (Å²) in [7, 11) is 0. The van der Waals surface area contributed by atoms with Gasteiger partial charge in [-0.3, -0.25) is 9.78 Å². The topological polar surface area (TPSA) is 82.5 Å². The van der Waals surface area contributed by atoms with Gasteiger partial charge in [0, 0.05) is 37.6 Å². The quantitative estimate of drug-likeness (QED) is 0.858. The number of pyridine rings is 1. The molecule has 2 heterocycles. The number of aromatic nitrogens is 1. The van der Waals surface area contributed by atoms with Crippen LogP contribution in [0.15, 0.2) is 24.5 Å². The minimum Gasteiger partial charge on any atom is -0.465 e. The second-order valence-corrected chi connectivity index (χ2v) is 4.66. The Kier molecular flexibility index (Phi) is 4.33. The summed E-state index contributed by atoms with van der Waals surface area (Å²) in [5, 5.41) is 11.7. The molecule has 1 saturated heterocycles. The first-order valence-electron chi connectivity index (χ1n) is 6.33. The van der Waals surface area contributed by atoms with Gasteiger partial charge >= 0.3 is 6.09 Å². The average Bonchev–Trinajstić information content (AvgIpc) is 2.46. The van der Waals surface area contributed by atoms with Crippen LogP contribution >= 0.6 is 0 Å². The van der Waals surface area contributed by atoms with E-state index < -0.39 is 6.09 Å². The van der Waals surface area contributed by atoms with Gasteiger partial charge in [0.1, 0.15) is 0 Å². The van der Waals surface area contributed by atoms with E-state index in [-0.39, 0.29) is 5.91 Å². The SMILES string of the molecule is O=C(NCC1CCN(C(=O)O)CC1)c1ccncc1. The van der Waals surface area contributed by atoms with Gasteiger partial charge in [-0.1, -0.05) is 0 Å². The van der Waals surface area contributed by atoms with E-state index in [1.807, 2.05) is 0 Å². The number of nitrogens with one attached hydrogen (secondary N) is 1. The highest BCUT2D eigenvalue weighted by Crippen LogP contribution is 2.16. The fourth-order valence-electron chi connectivity index (χ4n) is 2.17. The zero-order valence-corrected chi connectivity index (χ0v) is 10.6. The van der Waals surface area contributed by atoms with E-state index >= 15 is 0 Å². The van der Waals surface area contributed by atoms with Crippen LogP contribution in [0, 0.1) is 5.92 Å². The first kappa shape index (κ1) is 13.3. The molecule has 1 aromatic rings. The van der Waals surface area contributed by atoms with Crippen molar-refractivity contribution >= 4 is 12.0 Å². The lowest BCUT2D eigenvalue weighted by Crippen LogP contribution is -2.40. The van der Waals surface area contributed by atoms with Crippen molar-refractivity contribution in [3.63, 3.8) is 0 Å². The number of hydrogen-bond donors (Lipinski definition) is 2. The van der Waals surface area contributed by atoms with Gasteiger partial charge in [-0.15, -0.1) is 0 Å². The highest BCUT2D eigenvalue weighted by atomic mass is 16.4. The summed E-state index contributed by atoms with van der Waals surface area (Å²) >= 11 is 0. The molecule has 102 valence electrons. The number of likely N-dealkylation sites (tertiary alicyclic amines) is 1. The average molecular weight is 263 g/mol. The molecule has 6 heteroatoms. The lowest BCUT2D eigenvalue weighted by Gasteiger charge is -2.29. The second-order valence-electron chi connectivity index (χ2n) is 4.66. The van der Waals surface area contributed by atoms with Crippen molar-refractivity contribution in [1.82, 2.24) is 15.2 Å². The van der Waals surface area contributed by atoms with Gasteiger partial charge in [-0.25, -0.2) is 4.79 Å². The predicted octanol–water partition coefficient (Wildman–Crippen LogP) is 1.20. The predicted molar refractivity (Wildman–Crippen MR) is 68.9 cm³/mol. The molecule has 1 aliphatic heterocycles. The third kappa shape index (κ3) is 3.67. The summed E-state index contributed by atoms with van der Waals surface area (Å²) in [4.78, 5) is 27.9. The number of piperidine rings is 1. The van der Waals surface area contributed by atoms with Gasteiger partial charge in [-0.2, -0.15) is 0 Å². The lowest BCUT2D eigenvalue weighted by atomic mass is 9.97. The standard InChI is InChI=1S/C13H17N3O3/c17-12(11-1-5-14-6-2-11)15-9-10-3-7-16(8-4-10)13(18)19/h1-2,5-6,10H,3-4,7-9H2,(H,15,17)(H,18,19). The minimum absolute atomic E-state index is 0.108. The van der Waals surface area contributed by atoms with Crippen LogP contribution < -0.4 is 5.32 Å². The zero-order valence-electron chi connectivity index (χ0n) is 10.6. The van der Waals surface area contributed by atoms with Crippen LogP contribution in [0.4, 0.5) is 4.79 Å². The van der Waals surface area contributed by atoms with Gasteiger partial charge in [0.05, 0.1) is 0 Å². The lowest BCUT2D eigenvalue weighted by molar-refractivity contribution is 0.0928. The van der Waals surface area contributed by atoms with Gasteiger partial charge in [0.25, 0.3) is 5.91 Å². The smallest absolute Gasteiger partial charge is 0.407 e. The monoisotopic (exact) mass is 263 g/mol. The Morgan fingerprint density at radius 2 is 1.95 bits per heavy atom. The maximum Gasteiger partial charge on any atom is 0.407 e. The maximum absolute atomic E-state index is 11.8. The number of carbonyl (C=O) groups is 2. The van der Waals surface area contributed by atoms with Crippen molar-refractivity contribution in [2.45, 2.75) is 12.8 Å². The Morgan fingerprint density at radius 1 is 1.32 bits per heavy atom. The highest BCUT2D eigenvalue weighted by Gasteiger charge is 2.22. The minimum atomic E-state index is -0.862. The van der Waals surface area contributed by atoms with E-state index in [0.717, 1.165) is 12.8 Å². The highest BCUT2D eigenvalue weighted by molar-refractivity contribution is 5.93. The molecule has 0 spiro atoms. The van der Waals surface area contributed by atoms with Crippen molar-refractivity contribution in [1.29, 1.82) is 0 Å². The van der Waals surface area contributed by atoms with Crippen molar-refractivity contribution in [3.8, 4) is 0 Å². The zero-order chi connectivity index (χ0) is 13.7. The Balaban J connectivity index is 1.75. The molecular weight excluding hydrogens is 246 g/mol. The Morgan fingerprint density at radius 3 is 2.53 bits per heavy atom. The van der Waals surface area contributed by atoms with Gasteiger partial charge in [-0.05, 0) is 30.9 Å². The summed E-state index contributed by atoms with van der Waals surface area (Å²) < 4.78 is 0. The number of amides is 2. The molecule has 1 fully saturated rings. The van der Waals surface area contributed by atoms with Gasteiger partial charge in [0.15, 0.2) is 0 Å². The fraction of sp³-hybridized carbons (Fsp3) is 0.462. The maximum atomic E-state index is 11.8. The van der Waals surface area contributed by atoms with E-state index in [2.05, 4.69) is 10.3 Å². The Hall–Kier alpha value is -2.11. The van der Waals surface area contributed by atoms with E-state index in [1.165, 1.54) is 4.90 Å². The molecule has 0 unspecified atom stereocenters. The molecule has 6 nitrogen and oxygen atoms in total. The molecule has 0 saturated carbocycles. The summed E-state index contributed by atoms with van der Waals surface area (Å²) in [5.41, 5.74) is 0.595. The third-order valence-corrected chi connectivity index (χ3v) is 3.38. The van der Waals surface area contributed by atoms with Gasteiger partial charge < -0.3 is 15.3 Å². The third-order valence-electron chi connectivity index (χ3n) is 3.38. The van der Waals surface area contributed by atoms with Crippen molar-refractivity contribution in [2.24, 2.45) is 5.92 Å². The van der Waals surface area contributed by atoms with Crippen LogP contribution in [0.3, 0.4) is 0 Å². The Labute approximate surface area is 111 Å². The largest absolute Gasteiger partial charge is 0.465 e. The van der Waals surface area contributed by atoms with E-state index in [1.54, 1.807) is 24.5 Å². The van der Waals surface area contributed by atoms with Crippen LogP contribution in [0.2, 0.25) is 0 Å². The molecule has 0 aliphatic carbocycles.